The smallest absolute Gasteiger partial charge is 0.232 e. The zero-order valence-corrected chi connectivity index (χ0v) is 18.3. The van der Waals surface area contributed by atoms with Gasteiger partial charge in [-0.25, -0.2) is 8.42 Å². The number of carbonyl (C=O) groups excluding carboxylic acids is 1. The Morgan fingerprint density at radius 3 is 2.45 bits per heavy atom. The third-order valence-electron chi connectivity index (χ3n) is 4.31. The second-order valence-electron chi connectivity index (χ2n) is 6.59. The van der Waals surface area contributed by atoms with E-state index in [1.165, 1.54) is 9.87 Å². The fourth-order valence-electron chi connectivity index (χ4n) is 2.77. The minimum atomic E-state index is -3.50. The molecule has 0 aliphatic heterocycles. The molecular formula is C21H27ClN2O4S. The molecule has 0 fully saturated rings. The number of ether oxygens (including phenoxy) is 1. The average Bonchev–Trinajstić information content (AvgIpc) is 2.69. The van der Waals surface area contributed by atoms with Gasteiger partial charge in [0.2, 0.25) is 15.9 Å². The van der Waals surface area contributed by atoms with Crippen molar-refractivity contribution in [3.63, 3.8) is 0 Å². The van der Waals surface area contributed by atoms with Gasteiger partial charge in [0.15, 0.2) is 0 Å². The molecule has 0 unspecified atom stereocenters. The first-order chi connectivity index (χ1) is 13.8. The van der Waals surface area contributed by atoms with Crippen LogP contribution in [-0.2, 0) is 21.2 Å². The molecular weight excluding hydrogens is 412 g/mol. The minimum Gasteiger partial charge on any atom is -0.492 e. The zero-order valence-electron chi connectivity index (χ0n) is 16.7. The predicted octanol–water partition coefficient (Wildman–Crippen LogP) is 3.64. The van der Waals surface area contributed by atoms with Crippen LogP contribution in [0.5, 0.6) is 5.75 Å². The molecule has 0 aromatic heterocycles. The van der Waals surface area contributed by atoms with Crippen LogP contribution in [0.1, 0.15) is 25.3 Å². The Morgan fingerprint density at radius 2 is 1.83 bits per heavy atom. The number of rotatable bonds is 11. The summed E-state index contributed by atoms with van der Waals surface area (Å²) in [6.45, 7) is 3.02. The van der Waals surface area contributed by atoms with E-state index in [4.69, 9.17) is 16.3 Å². The number of amides is 1. The molecule has 2 aromatic carbocycles. The summed E-state index contributed by atoms with van der Waals surface area (Å²) < 4.78 is 31.0. The summed E-state index contributed by atoms with van der Waals surface area (Å²) in [6.07, 6.45) is 2.69. The van der Waals surface area contributed by atoms with E-state index in [1.807, 2.05) is 24.3 Å². The second kappa shape index (κ2) is 11.1. The van der Waals surface area contributed by atoms with Crippen molar-refractivity contribution in [3.8, 4) is 5.75 Å². The summed E-state index contributed by atoms with van der Waals surface area (Å²) in [6, 6.07) is 14.6. The Balaban J connectivity index is 1.74. The second-order valence-corrected chi connectivity index (χ2v) is 8.90. The van der Waals surface area contributed by atoms with Crippen LogP contribution in [0.2, 0.25) is 5.02 Å². The molecule has 1 N–H and O–H groups in total. The number of nitrogens with zero attached hydrogens (tertiary/aromatic N) is 1. The fourth-order valence-corrected chi connectivity index (χ4v) is 4.04. The number of aryl methyl sites for hydroxylation is 1. The summed E-state index contributed by atoms with van der Waals surface area (Å²) in [5.41, 5.74) is 1.66. The third-order valence-corrected chi connectivity index (χ3v) is 5.81. The van der Waals surface area contributed by atoms with Crippen LogP contribution in [0, 0.1) is 0 Å². The van der Waals surface area contributed by atoms with E-state index >= 15 is 0 Å². The van der Waals surface area contributed by atoms with Crippen molar-refractivity contribution >= 4 is 33.2 Å². The number of nitrogens with one attached hydrogen (secondary N) is 1. The van der Waals surface area contributed by atoms with Crippen LogP contribution in [0.25, 0.3) is 0 Å². The maximum absolute atomic E-state index is 12.1. The number of benzene rings is 2. The van der Waals surface area contributed by atoms with Crippen LogP contribution in [0.4, 0.5) is 5.69 Å². The Bertz CT molecular complexity index is 901. The topological polar surface area (TPSA) is 75.7 Å². The molecule has 158 valence electrons. The highest BCUT2D eigenvalue weighted by Crippen LogP contribution is 2.27. The lowest BCUT2D eigenvalue weighted by atomic mass is 10.2. The number of carbonyl (C=O) groups is 1. The van der Waals surface area contributed by atoms with Crippen molar-refractivity contribution in [2.45, 2.75) is 26.2 Å². The van der Waals surface area contributed by atoms with Crippen LogP contribution in [0.3, 0.4) is 0 Å². The van der Waals surface area contributed by atoms with E-state index < -0.39 is 10.0 Å². The maximum Gasteiger partial charge on any atom is 0.232 e. The van der Waals surface area contributed by atoms with E-state index in [1.54, 1.807) is 24.3 Å². The van der Waals surface area contributed by atoms with Crippen molar-refractivity contribution in [3.05, 3.63) is 59.1 Å². The Hall–Kier alpha value is -2.25. The molecule has 0 saturated carbocycles. The van der Waals surface area contributed by atoms with Gasteiger partial charge in [0, 0.05) is 13.0 Å². The zero-order chi connectivity index (χ0) is 21.3. The minimum absolute atomic E-state index is 0.150. The van der Waals surface area contributed by atoms with E-state index in [-0.39, 0.29) is 18.9 Å². The molecule has 6 nitrogen and oxygen atoms in total. The quantitative estimate of drug-likeness (QED) is 0.543. The van der Waals surface area contributed by atoms with E-state index in [0.717, 1.165) is 18.4 Å². The Kier molecular flexibility index (Phi) is 8.79. The molecule has 8 heteroatoms. The Morgan fingerprint density at radius 1 is 1.14 bits per heavy atom. The van der Waals surface area contributed by atoms with Gasteiger partial charge in [-0.3, -0.25) is 9.10 Å². The van der Waals surface area contributed by atoms with E-state index in [9.17, 15) is 13.2 Å². The lowest BCUT2D eigenvalue weighted by Crippen LogP contribution is -2.33. The highest BCUT2D eigenvalue weighted by atomic mass is 35.5. The fraction of sp³-hybridized carbons (Fsp3) is 0.381. The van der Waals surface area contributed by atoms with Gasteiger partial charge in [0.25, 0.3) is 0 Å². The van der Waals surface area contributed by atoms with Crippen LogP contribution in [0.15, 0.2) is 48.5 Å². The molecule has 0 spiro atoms. The first-order valence-corrected chi connectivity index (χ1v) is 11.7. The van der Waals surface area contributed by atoms with Crippen molar-refractivity contribution in [2.24, 2.45) is 0 Å². The molecule has 0 radical (unpaired) electrons. The number of para-hydroxylation sites is 1. The highest BCUT2D eigenvalue weighted by Gasteiger charge is 2.19. The maximum atomic E-state index is 12.1. The highest BCUT2D eigenvalue weighted by molar-refractivity contribution is 7.92. The normalized spacial score (nSPS) is 11.1. The summed E-state index contributed by atoms with van der Waals surface area (Å²) in [5.74, 6) is 0.613. The van der Waals surface area contributed by atoms with Crippen molar-refractivity contribution < 1.29 is 17.9 Å². The summed E-state index contributed by atoms with van der Waals surface area (Å²) in [7, 11) is -3.50. The van der Waals surface area contributed by atoms with Crippen molar-refractivity contribution in [1.29, 1.82) is 0 Å². The number of sulfonamides is 1. The first-order valence-electron chi connectivity index (χ1n) is 9.52. The van der Waals surface area contributed by atoms with Gasteiger partial charge in [0.1, 0.15) is 12.4 Å². The van der Waals surface area contributed by atoms with Crippen LogP contribution in [-0.4, -0.2) is 40.3 Å². The number of anilines is 1. The van der Waals surface area contributed by atoms with E-state index in [2.05, 4.69) is 12.2 Å². The molecule has 0 atom stereocenters. The summed E-state index contributed by atoms with van der Waals surface area (Å²) in [4.78, 5) is 12.0. The molecule has 0 saturated heterocycles. The SMILES string of the molecule is CCc1ccc(OCCNC(=O)CCCN(c2ccccc2Cl)S(C)(=O)=O)cc1. The Labute approximate surface area is 177 Å². The standard InChI is InChI=1S/C21H27ClN2O4S/c1-3-17-10-12-18(13-11-17)28-16-14-23-21(25)9-6-15-24(29(2,26)27)20-8-5-4-7-19(20)22/h4-5,7-8,10-13H,3,6,9,14-16H2,1-2H3,(H,23,25). The molecule has 0 bridgehead atoms. The van der Waals surface area contributed by atoms with Gasteiger partial charge in [-0.2, -0.15) is 0 Å². The van der Waals surface area contributed by atoms with Gasteiger partial charge in [-0.1, -0.05) is 42.8 Å². The molecule has 1 amide bonds. The van der Waals surface area contributed by atoms with Gasteiger partial charge in [-0.15, -0.1) is 0 Å². The van der Waals surface area contributed by atoms with Gasteiger partial charge in [-0.05, 0) is 42.7 Å². The monoisotopic (exact) mass is 438 g/mol. The van der Waals surface area contributed by atoms with Gasteiger partial charge in [0.05, 0.1) is 23.5 Å². The largest absolute Gasteiger partial charge is 0.492 e. The molecule has 0 heterocycles. The first kappa shape index (κ1) is 23.0. The van der Waals surface area contributed by atoms with Gasteiger partial charge < -0.3 is 10.1 Å². The lowest BCUT2D eigenvalue weighted by molar-refractivity contribution is -0.121. The molecule has 0 aliphatic rings. The lowest BCUT2D eigenvalue weighted by Gasteiger charge is -2.23. The van der Waals surface area contributed by atoms with Crippen LogP contribution < -0.4 is 14.4 Å². The molecule has 29 heavy (non-hydrogen) atoms. The molecule has 2 rings (SSSR count). The van der Waals surface area contributed by atoms with Gasteiger partial charge >= 0.3 is 0 Å². The number of halogens is 1. The van der Waals surface area contributed by atoms with Crippen molar-refractivity contribution in [1.82, 2.24) is 5.32 Å². The van der Waals surface area contributed by atoms with Crippen molar-refractivity contribution in [2.75, 3.05) is 30.3 Å². The summed E-state index contributed by atoms with van der Waals surface area (Å²) >= 11 is 6.12. The van der Waals surface area contributed by atoms with E-state index in [0.29, 0.717) is 30.3 Å². The predicted molar refractivity (Wildman–Crippen MR) is 117 cm³/mol. The number of hydrogen-bond donors (Lipinski definition) is 1. The summed E-state index contributed by atoms with van der Waals surface area (Å²) in [5, 5.41) is 3.13. The third kappa shape index (κ3) is 7.59. The average molecular weight is 439 g/mol. The number of hydrogen-bond acceptors (Lipinski definition) is 4. The van der Waals surface area contributed by atoms with Crippen LogP contribution >= 0.6 is 11.6 Å². The molecule has 0 aliphatic carbocycles. The molecule has 2 aromatic rings.